The Morgan fingerprint density at radius 3 is 2.54 bits per heavy atom. The normalized spacial score (nSPS) is 16.9. The molecule has 128 valence electrons. The van der Waals surface area contributed by atoms with Crippen molar-refractivity contribution >= 4 is 30.1 Å². The second-order valence-corrected chi connectivity index (χ2v) is 6.86. The molecule has 2 N–H and O–H groups in total. The Kier molecular flexibility index (Phi) is 7.63. The van der Waals surface area contributed by atoms with Gasteiger partial charge in [-0.05, 0) is 49.2 Å². The fraction of sp³-hybridized carbons (Fsp3) is 0.316. The van der Waals surface area contributed by atoms with Gasteiger partial charge in [0, 0.05) is 28.8 Å². The number of thioether (sulfide) groups is 1. The van der Waals surface area contributed by atoms with Gasteiger partial charge in [-0.3, -0.25) is 4.79 Å². The molecule has 0 bridgehead atoms. The molecule has 1 atom stereocenters. The first-order valence-corrected chi connectivity index (χ1v) is 9.08. The largest absolute Gasteiger partial charge is 0.348 e. The Morgan fingerprint density at radius 2 is 1.88 bits per heavy atom. The Hall–Kier alpha value is -1.49. The zero-order valence-corrected chi connectivity index (χ0v) is 15.2. The van der Waals surface area contributed by atoms with E-state index in [0.717, 1.165) is 37.2 Å². The molecule has 5 heteroatoms. The topological polar surface area (TPSA) is 41.1 Å². The van der Waals surface area contributed by atoms with Crippen molar-refractivity contribution in [2.45, 2.75) is 29.5 Å². The molecule has 1 aliphatic heterocycles. The number of benzene rings is 2. The highest BCUT2D eigenvalue weighted by Crippen LogP contribution is 2.22. The van der Waals surface area contributed by atoms with Crippen molar-refractivity contribution in [3.05, 3.63) is 65.7 Å². The van der Waals surface area contributed by atoms with Gasteiger partial charge in [-0.2, -0.15) is 0 Å². The molecule has 0 radical (unpaired) electrons. The van der Waals surface area contributed by atoms with E-state index in [-0.39, 0.29) is 24.4 Å². The average molecular weight is 363 g/mol. The van der Waals surface area contributed by atoms with Gasteiger partial charge >= 0.3 is 0 Å². The van der Waals surface area contributed by atoms with E-state index in [1.165, 1.54) is 10.5 Å². The Bertz CT molecular complexity index is 628. The van der Waals surface area contributed by atoms with E-state index in [9.17, 15) is 4.79 Å². The number of hydrogen-bond donors (Lipinski definition) is 2. The fourth-order valence-corrected chi connectivity index (χ4v) is 3.55. The summed E-state index contributed by atoms with van der Waals surface area (Å²) in [6.45, 7) is 1.93. The molecule has 1 heterocycles. The van der Waals surface area contributed by atoms with Crippen LogP contribution >= 0.6 is 24.2 Å². The summed E-state index contributed by atoms with van der Waals surface area (Å²) in [4.78, 5) is 13.5. The lowest BCUT2D eigenvalue weighted by atomic mass is 10.1. The van der Waals surface area contributed by atoms with Gasteiger partial charge in [0.25, 0.3) is 5.91 Å². The summed E-state index contributed by atoms with van der Waals surface area (Å²) in [5.74, 6) is 0.944. The summed E-state index contributed by atoms with van der Waals surface area (Å²) >= 11 is 1.81. The molecule has 1 fully saturated rings. The van der Waals surface area contributed by atoms with Gasteiger partial charge in [-0.25, -0.2) is 0 Å². The summed E-state index contributed by atoms with van der Waals surface area (Å²) in [6.07, 6.45) is 2.19. The van der Waals surface area contributed by atoms with Crippen molar-refractivity contribution in [2.24, 2.45) is 0 Å². The van der Waals surface area contributed by atoms with Crippen molar-refractivity contribution in [3.63, 3.8) is 0 Å². The highest BCUT2D eigenvalue weighted by molar-refractivity contribution is 7.98. The second kappa shape index (κ2) is 9.72. The third-order valence-electron chi connectivity index (χ3n) is 4.00. The van der Waals surface area contributed by atoms with Crippen LogP contribution in [0.15, 0.2) is 59.5 Å². The Labute approximate surface area is 154 Å². The van der Waals surface area contributed by atoms with Crippen LogP contribution < -0.4 is 10.6 Å². The number of carbonyl (C=O) groups is 1. The lowest BCUT2D eigenvalue weighted by molar-refractivity contribution is 0.0930. The predicted octanol–water partition coefficient (Wildman–Crippen LogP) is 3.88. The monoisotopic (exact) mass is 362 g/mol. The predicted molar refractivity (Wildman–Crippen MR) is 103 cm³/mol. The lowest BCUT2D eigenvalue weighted by Crippen LogP contribution is -2.45. The molecule has 1 amide bonds. The van der Waals surface area contributed by atoms with Gasteiger partial charge in [-0.1, -0.05) is 30.3 Å². The average Bonchev–Trinajstić information content (AvgIpc) is 2.62. The summed E-state index contributed by atoms with van der Waals surface area (Å²) < 4.78 is 0. The van der Waals surface area contributed by atoms with Gasteiger partial charge in [0.15, 0.2) is 0 Å². The third kappa shape index (κ3) is 5.55. The van der Waals surface area contributed by atoms with E-state index >= 15 is 0 Å². The minimum Gasteiger partial charge on any atom is -0.348 e. The molecule has 1 aliphatic rings. The summed E-state index contributed by atoms with van der Waals surface area (Å²) in [5, 5.41) is 6.42. The smallest absolute Gasteiger partial charge is 0.251 e. The molecule has 2 aromatic carbocycles. The molecule has 0 saturated carbocycles. The molecular weight excluding hydrogens is 340 g/mol. The fourth-order valence-electron chi connectivity index (χ4n) is 2.68. The molecule has 2 aromatic rings. The summed E-state index contributed by atoms with van der Waals surface area (Å²) in [5.41, 5.74) is 1.97. The van der Waals surface area contributed by atoms with Crippen molar-refractivity contribution in [1.82, 2.24) is 10.6 Å². The number of amides is 1. The van der Waals surface area contributed by atoms with Crippen LogP contribution in [0.1, 0.15) is 28.8 Å². The summed E-state index contributed by atoms with van der Waals surface area (Å²) in [6, 6.07) is 18.6. The van der Waals surface area contributed by atoms with Crippen LogP contribution in [0.5, 0.6) is 0 Å². The molecule has 0 aliphatic carbocycles. The number of rotatable bonds is 5. The molecule has 1 saturated heterocycles. The Morgan fingerprint density at radius 1 is 1.12 bits per heavy atom. The quantitative estimate of drug-likeness (QED) is 0.793. The van der Waals surface area contributed by atoms with Crippen LogP contribution in [-0.2, 0) is 5.75 Å². The zero-order valence-electron chi connectivity index (χ0n) is 13.5. The van der Waals surface area contributed by atoms with Gasteiger partial charge < -0.3 is 10.6 Å². The highest BCUT2D eigenvalue weighted by Gasteiger charge is 2.16. The maximum Gasteiger partial charge on any atom is 0.251 e. The molecule has 3 nitrogen and oxygen atoms in total. The third-order valence-corrected chi connectivity index (χ3v) is 5.08. The van der Waals surface area contributed by atoms with Crippen LogP contribution in [0, 0.1) is 0 Å². The zero-order chi connectivity index (χ0) is 15.9. The minimum atomic E-state index is 0. The van der Waals surface area contributed by atoms with E-state index in [4.69, 9.17) is 0 Å². The molecule has 3 rings (SSSR count). The van der Waals surface area contributed by atoms with Crippen molar-refractivity contribution in [2.75, 3.05) is 13.1 Å². The molecule has 1 unspecified atom stereocenters. The van der Waals surface area contributed by atoms with Crippen LogP contribution in [0.2, 0.25) is 0 Å². The van der Waals surface area contributed by atoms with Gasteiger partial charge in [0.1, 0.15) is 0 Å². The standard InChI is InChI=1S/C19H22N2OS.ClH/c22-19(21-17-5-4-12-20-13-17)16-10-8-15(9-11-16)14-23-18-6-2-1-3-7-18;/h1-3,6-11,17,20H,4-5,12-14H2,(H,21,22);1H. The van der Waals surface area contributed by atoms with Crippen LogP contribution in [0.25, 0.3) is 0 Å². The number of piperidine rings is 1. The molecule has 24 heavy (non-hydrogen) atoms. The number of carbonyl (C=O) groups excluding carboxylic acids is 1. The Balaban J connectivity index is 0.00000208. The van der Waals surface area contributed by atoms with E-state index in [1.54, 1.807) is 0 Å². The van der Waals surface area contributed by atoms with Crippen molar-refractivity contribution in [3.8, 4) is 0 Å². The summed E-state index contributed by atoms with van der Waals surface area (Å²) in [7, 11) is 0. The SMILES string of the molecule is Cl.O=C(NC1CCCNC1)c1ccc(CSc2ccccc2)cc1. The van der Waals surface area contributed by atoms with Crippen LogP contribution in [0.4, 0.5) is 0 Å². The number of hydrogen-bond acceptors (Lipinski definition) is 3. The van der Waals surface area contributed by atoms with Gasteiger partial charge in [-0.15, -0.1) is 24.2 Å². The van der Waals surface area contributed by atoms with E-state index < -0.39 is 0 Å². The lowest BCUT2D eigenvalue weighted by Gasteiger charge is -2.23. The van der Waals surface area contributed by atoms with Crippen LogP contribution in [0.3, 0.4) is 0 Å². The maximum atomic E-state index is 12.3. The molecule has 0 spiro atoms. The number of halogens is 1. The maximum absolute atomic E-state index is 12.3. The van der Waals surface area contributed by atoms with Crippen molar-refractivity contribution < 1.29 is 4.79 Å². The van der Waals surface area contributed by atoms with Gasteiger partial charge in [0.05, 0.1) is 0 Å². The highest BCUT2D eigenvalue weighted by atomic mass is 35.5. The van der Waals surface area contributed by atoms with Crippen molar-refractivity contribution in [1.29, 1.82) is 0 Å². The van der Waals surface area contributed by atoms with E-state index in [1.807, 2.05) is 42.1 Å². The van der Waals surface area contributed by atoms with E-state index in [0.29, 0.717) is 0 Å². The van der Waals surface area contributed by atoms with Crippen LogP contribution in [-0.4, -0.2) is 25.0 Å². The second-order valence-electron chi connectivity index (χ2n) is 5.82. The molecular formula is C19H23ClN2OS. The minimum absolute atomic E-state index is 0. The first kappa shape index (κ1) is 18.8. The molecule has 0 aromatic heterocycles. The first-order valence-electron chi connectivity index (χ1n) is 8.09. The first-order chi connectivity index (χ1) is 11.3. The van der Waals surface area contributed by atoms with Gasteiger partial charge in [0.2, 0.25) is 0 Å². The van der Waals surface area contributed by atoms with E-state index in [2.05, 4.69) is 34.9 Å². The number of nitrogens with one attached hydrogen (secondary N) is 2.